The monoisotopic (exact) mass is 354 g/mol. The smallest absolute Gasteiger partial charge is 0.246 e. The van der Waals surface area contributed by atoms with E-state index in [1.807, 2.05) is 30.3 Å². The molecule has 0 aliphatic carbocycles. The van der Waals surface area contributed by atoms with Crippen molar-refractivity contribution in [1.29, 1.82) is 0 Å². The molecule has 7 heteroatoms. The maximum Gasteiger partial charge on any atom is 0.246 e. The number of carbonyl (C=O) groups is 1. The largest absolute Gasteiger partial charge is 0.374 e. The molecule has 6 nitrogen and oxygen atoms in total. The van der Waals surface area contributed by atoms with Gasteiger partial charge in [0.25, 0.3) is 0 Å². The fourth-order valence-corrected chi connectivity index (χ4v) is 3.19. The first kappa shape index (κ1) is 16.7. The van der Waals surface area contributed by atoms with E-state index in [0.717, 1.165) is 16.6 Å². The van der Waals surface area contributed by atoms with Crippen LogP contribution in [0.2, 0.25) is 0 Å². The fraction of sp³-hybridized carbons (Fsp3) is 0.316. The van der Waals surface area contributed by atoms with E-state index in [1.165, 1.54) is 16.9 Å². The normalized spacial score (nSPS) is 17.6. The zero-order chi connectivity index (χ0) is 17.9. The molecule has 2 aromatic carbocycles. The summed E-state index contributed by atoms with van der Waals surface area (Å²) >= 11 is 0. The number of amides is 1. The summed E-state index contributed by atoms with van der Waals surface area (Å²) in [5, 5.41) is 8.66. The van der Waals surface area contributed by atoms with Crippen LogP contribution in [-0.4, -0.2) is 51.6 Å². The molecular weight excluding hydrogens is 335 g/mol. The highest BCUT2D eigenvalue weighted by Gasteiger charge is 2.25. The number of rotatable bonds is 4. The molecule has 0 radical (unpaired) electrons. The number of carbonyl (C=O) groups excluding carboxylic acids is 1. The van der Waals surface area contributed by atoms with Crippen LogP contribution in [0.1, 0.15) is 5.56 Å². The maximum absolute atomic E-state index is 13.3. The van der Waals surface area contributed by atoms with Crippen LogP contribution < -0.4 is 0 Å². The first-order valence-corrected chi connectivity index (χ1v) is 8.61. The average Bonchev–Trinajstić information content (AvgIpc) is 3.04. The van der Waals surface area contributed by atoms with E-state index >= 15 is 0 Å². The van der Waals surface area contributed by atoms with Crippen LogP contribution in [0, 0.1) is 5.82 Å². The molecular formula is C19H19FN4O2. The van der Waals surface area contributed by atoms with Gasteiger partial charge in [0.05, 0.1) is 12.7 Å². The summed E-state index contributed by atoms with van der Waals surface area (Å²) in [6, 6.07) is 14.0. The van der Waals surface area contributed by atoms with Crippen molar-refractivity contribution in [3.63, 3.8) is 0 Å². The van der Waals surface area contributed by atoms with E-state index < -0.39 is 0 Å². The third kappa shape index (κ3) is 3.72. The molecule has 0 N–H and O–H groups in total. The molecule has 1 aliphatic heterocycles. The van der Waals surface area contributed by atoms with E-state index in [0.29, 0.717) is 26.1 Å². The van der Waals surface area contributed by atoms with Gasteiger partial charge in [-0.05, 0) is 29.8 Å². The Morgan fingerprint density at radius 1 is 1.15 bits per heavy atom. The molecule has 0 spiro atoms. The number of morpholine rings is 1. The van der Waals surface area contributed by atoms with Crippen LogP contribution in [0.5, 0.6) is 0 Å². The lowest BCUT2D eigenvalue weighted by Gasteiger charge is -2.33. The number of nitrogens with zero attached hydrogens (tertiary/aromatic N) is 4. The van der Waals surface area contributed by atoms with Gasteiger partial charge >= 0.3 is 0 Å². The molecule has 3 aromatic rings. The van der Waals surface area contributed by atoms with Crippen LogP contribution in [-0.2, 0) is 22.5 Å². The molecule has 134 valence electrons. The van der Waals surface area contributed by atoms with Gasteiger partial charge in [0.2, 0.25) is 5.91 Å². The zero-order valence-electron chi connectivity index (χ0n) is 14.2. The molecule has 1 aromatic heterocycles. The van der Waals surface area contributed by atoms with Crippen molar-refractivity contribution < 1.29 is 13.9 Å². The Morgan fingerprint density at radius 2 is 1.92 bits per heavy atom. The topological polar surface area (TPSA) is 60.2 Å². The molecule has 1 amide bonds. The second-order valence-electron chi connectivity index (χ2n) is 6.39. The summed E-state index contributed by atoms with van der Waals surface area (Å²) in [6.45, 7) is 1.59. The number of halogens is 1. The maximum atomic E-state index is 13.3. The van der Waals surface area contributed by atoms with Crippen molar-refractivity contribution in [2.24, 2.45) is 0 Å². The Labute approximate surface area is 150 Å². The number of hydrogen-bond donors (Lipinski definition) is 0. The lowest BCUT2D eigenvalue weighted by Crippen LogP contribution is -2.47. The highest BCUT2D eigenvalue weighted by Crippen LogP contribution is 2.14. The number of ether oxygens (including phenoxy) is 1. The standard InChI is InChI=1S/C19H19FN4O2/c20-15-5-3-4-14(10-15)11-16-12-23(8-9-26-16)19(25)13-24-21-17-6-1-2-7-18(17)22-24/h1-7,10,16H,8-9,11-13H2. The summed E-state index contributed by atoms with van der Waals surface area (Å²) < 4.78 is 19.1. The lowest BCUT2D eigenvalue weighted by molar-refractivity contribution is -0.139. The number of fused-ring (bicyclic) bond motifs is 1. The molecule has 26 heavy (non-hydrogen) atoms. The van der Waals surface area contributed by atoms with Gasteiger partial charge in [-0.3, -0.25) is 4.79 Å². The van der Waals surface area contributed by atoms with Crippen molar-refractivity contribution in [2.45, 2.75) is 19.1 Å². The van der Waals surface area contributed by atoms with Gasteiger partial charge in [0, 0.05) is 19.5 Å². The first-order valence-electron chi connectivity index (χ1n) is 8.61. The number of aromatic nitrogens is 3. The van der Waals surface area contributed by atoms with Crippen LogP contribution in [0.15, 0.2) is 48.5 Å². The van der Waals surface area contributed by atoms with Crippen LogP contribution in [0.3, 0.4) is 0 Å². The van der Waals surface area contributed by atoms with Crippen molar-refractivity contribution >= 4 is 16.9 Å². The summed E-state index contributed by atoms with van der Waals surface area (Å²) in [5.74, 6) is -0.305. The predicted molar refractivity (Wildman–Crippen MR) is 94.0 cm³/mol. The highest BCUT2D eigenvalue weighted by atomic mass is 19.1. The fourth-order valence-electron chi connectivity index (χ4n) is 3.19. The zero-order valence-corrected chi connectivity index (χ0v) is 14.2. The third-order valence-corrected chi connectivity index (χ3v) is 4.45. The van der Waals surface area contributed by atoms with Crippen LogP contribution in [0.25, 0.3) is 11.0 Å². The summed E-state index contributed by atoms with van der Waals surface area (Å²) in [7, 11) is 0. The Balaban J connectivity index is 1.39. The minimum absolute atomic E-state index is 0.0437. The van der Waals surface area contributed by atoms with Crippen molar-refractivity contribution in [3.8, 4) is 0 Å². The molecule has 1 fully saturated rings. The third-order valence-electron chi connectivity index (χ3n) is 4.45. The SMILES string of the molecule is O=C(Cn1nc2ccccc2n1)N1CCOC(Cc2cccc(F)c2)C1. The first-order chi connectivity index (χ1) is 12.7. The van der Waals surface area contributed by atoms with Crippen molar-refractivity contribution in [1.82, 2.24) is 19.9 Å². The minimum Gasteiger partial charge on any atom is -0.374 e. The number of benzene rings is 2. The van der Waals surface area contributed by atoms with Gasteiger partial charge in [0.1, 0.15) is 23.4 Å². The Bertz CT molecular complexity index is 894. The molecule has 0 saturated carbocycles. The van der Waals surface area contributed by atoms with Gasteiger partial charge in [-0.15, -0.1) is 0 Å². The molecule has 1 atom stereocenters. The van der Waals surface area contributed by atoms with Crippen LogP contribution in [0.4, 0.5) is 4.39 Å². The summed E-state index contributed by atoms with van der Waals surface area (Å²) in [6.07, 6.45) is 0.435. The van der Waals surface area contributed by atoms with E-state index in [9.17, 15) is 9.18 Å². The Kier molecular flexibility index (Phi) is 4.62. The van der Waals surface area contributed by atoms with E-state index in [4.69, 9.17) is 4.74 Å². The second kappa shape index (κ2) is 7.21. The molecule has 1 aliphatic rings. The van der Waals surface area contributed by atoms with E-state index in [-0.39, 0.29) is 24.4 Å². The van der Waals surface area contributed by atoms with E-state index in [1.54, 1.807) is 11.0 Å². The summed E-state index contributed by atoms with van der Waals surface area (Å²) in [4.78, 5) is 15.8. The second-order valence-corrected chi connectivity index (χ2v) is 6.39. The van der Waals surface area contributed by atoms with Gasteiger partial charge in [-0.2, -0.15) is 15.0 Å². The van der Waals surface area contributed by atoms with Gasteiger partial charge in [-0.1, -0.05) is 24.3 Å². The Hall–Kier alpha value is -2.80. The van der Waals surface area contributed by atoms with Crippen molar-refractivity contribution in [2.75, 3.05) is 19.7 Å². The molecule has 1 saturated heterocycles. The lowest BCUT2D eigenvalue weighted by atomic mass is 10.1. The van der Waals surface area contributed by atoms with Gasteiger partial charge in [0.15, 0.2) is 0 Å². The molecule has 0 bridgehead atoms. The van der Waals surface area contributed by atoms with Crippen LogP contribution >= 0.6 is 0 Å². The highest BCUT2D eigenvalue weighted by molar-refractivity contribution is 5.77. The van der Waals surface area contributed by atoms with Gasteiger partial charge in [-0.25, -0.2) is 4.39 Å². The molecule has 4 rings (SSSR count). The van der Waals surface area contributed by atoms with E-state index in [2.05, 4.69) is 10.2 Å². The molecule has 1 unspecified atom stereocenters. The Morgan fingerprint density at radius 3 is 2.65 bits per heavy atom. The average molecular weight is 354 g/mol. The predicted octanol–water partition coefficient (Wildman–Crippen LogP) is 2.04. The minimum atomic E-state index is -0.261. The quantitative estimate of drug-likeness (QED) is 0.719. The van der Waals surface area contributed by atoms with Gasteiger partial charge < -0.3 is 9.64 Å². The number of hydrogen-bond acceptors (Lipinski definition) is 4. The van der Waals surface area contributed by atoms with Crippen molar-refractivity contribution in [3.05, 3.63) is 59.9 Å². The molecule has 2 heterocycles. The summed E-state index contributed by atoms with van der Waals surface area (Å²) in [5.41, 5.74) is 2.40.